The number of ether oxygens (including phenoxy) is 1. The van der Waals surface area contributed by atoms with Gasteiger partial charge in [-0.15, -0.1) is 0 Å². The molecule has 0 atom stereocenters. The Labute approximate surface area is 114 Å². The van der Waals surface area contributed by atoms with Crippen molar-refractivity contribution >= 4 is 0 Å². The van der Waals surface area contributed by atoms with Crippen molar-refractivity contribution in [3.05, 3.63) is 47.9 Å². The predicted octanol–water partition coefficient (Wildman–Crippen LogP) is 2.80. The zero-order valence-electron chi connectivity index (χ0n) is 10.6. The van der Waals surface area contributed by atoms with Gasteiger partial charge >= 0.3 is 0 Å². The molecule has 1 aliphatic carbocycles. The van der Waals surface area contributed by atoms with Crippen LogP contribution in [0.25, 0.3) is 0 Å². The third kappa shape index (κ3) is 3.48. The van der Waals surface area contributed by atoms with Crippen molar-refractivity contribution < 1.29 is 13.5 Å². The quantitative estimate of drug-likeness (QED) is 0.913. The fourth-order valence-electron chi connectivity index (χ4n) is 1.77. The van der Waals surface area contributed by atoms with Crippen molar-refractivity contribution in [1.82, 2.24) is 15.3 Å². The van der Waals surface area contributed by atoms with Crippen molar-refractivity contribution in [2.24, 2.45) is 0 Å². The fourth-order valence-corrected chi connectivity index (χ4v) is 1.77. The molecular formula is C14H13F2N3O. The second-order valence-corrected chi connectivity index (χ2v) is 4.71. The first kappa shape index (κ1) is 12.9. The summed E-state index contributed by atoms with van der Waals surface area (Å²) in [5, 5.41) is 3.30. The molecule has 0 amide bonds. The molecule has 1 saturated carbocycles. The monoisotopic (exact) mass is 277 g/mol. The number of rotatable bonds is 5. The van der Waals surface area contributed by atoms with Crippen LogP contribution in [0.3, 0.4) is 0 Å². The minimum absolute atomic E-state index is 0.0594. The average Bonchev–Trinajstić information content (AvgIpc) is 3.19. The number of hydrogen-bond donors (Lipinski definition) is 1. The van der Waals surface area contributed by atoms with E-state index in [0.29, 0.717) is 12.6 Å². The third-order valence-electron chi connectivity index (χ3n) is 2.87. The molecule has 0 bridgehead atoms. The van der Waals surface area contributed by atoms with Crippen molar-refractivity contribution in [2.75, 3.05) is 0 Å². The van der Waals surface area contributed by atoms with Crippen LogP contribution in [0.2, 0.25) is 0 Å². The Morgan fingerprint density at radius 2 is 1.90 bits per heavy atom. The third-order valence-corrected chi connectivity index (χ3v) is 2.87. The second-order valence-electron chi connectivity index (χ2n) is 4.71. The van der Waals surface area contributed by atoms with E-state index in [1.54, 1.807) is 6.20 Å². The highest BCUT2D eigenvalue weighted by Crippen LogP contribution is 2.22. The molecule has 1 aliphatic rings. The Morgan fingerprint density at radius 3 is 2.60 bits per heavy atom. The van der Waals surface area contributed by atoms with Crippen LogP contribution in [-0.4, -0.2) is 16.0 Å². The van der Waals surface area contributed by atoms with Gasteiger partial charge < -0.3 is 10.1 Å². The highest BCUT2D eigenvalue weighted by atomic mass is 19.1. The number of aromatic nitrogens is 2. The van der Waals surface area contributed by atoms with E-state index in [4.69, 9.17) is 4.74 Å². The van der Waals surface area contributed by atoms with Gasteiger partial charge in [0.05, 0.1) is 11.9 Å². The first-order chi connectivity index (χ1) is 9.69. The second kappa shape index (κ2) is 5.50. The first-order valence-corrected chi connectivity index (χ1v) is 6.37. The largest absolute Gasteiger partial charge is 0.437 e. The van der Waals surface area contributed by atoms with Gasteiger partial charge in [-0.3, -0.25) is 4.98 Å². The molecule has 2 aromatic rings. The lowest BCUT2D eigenvalue weighted by Gasteiger charge is -2.07. The summed E-state index contributed by atoms with van der Waals surface area (Å²) in [5.41, 5.74) is 0.728. The van der Waals surface area contributed by atoms with E-state index < -0.39 is 11.6 Å². The maximum atomic E-state index is 13.1. The maximum absolute atomic E-state index is 13.1. The van der Waals surface area contributed by atoms with E-state index in [1.807, 2.05) is 0 Å². The van der Waals surface area contributed by atoms with Gasteiger partial charge in [0.15, 0.2) is 0 Å². The van der Waals surface area contributed by atoms with Gasteiger partial charge in [-0.1, -0.05) is 0 Å². The number of benzene rings is 1. The SMILES string of the molecule is Fc1cc(F)cc(Oc2cncc(CNC3CC3)n2)c1. The minimum atomic E-state index is -0.695. The lowest BCUT2D eigenvalue weighted by Crippen LogP contribution is -2.16. The van der Waals surface area contributed by atoms with Crippen LogP contribution in [0.5, 0.6) is 11.6 Å². The molecule has 1 N–H and O–H groups in total. The molecule has 0 aliphatic heterocycles. The lowest BCUT2D eigenvalue weighted by molar-refractivity contribution is 0.445. The summed E-state index contributed by atoms with van der Waals surface area (Å²) in [4.78, 5) is 8.24. The molecule has 0 radical (unpaired) electrons. The van der Waals surface area contributed by atoms with E-state index in [0.717, 1.165) is 23.9 Å². The molecule has 0 unspecified atom stereocenters. The average molecular weight is 277 g/mol. The number of hydrogen-bond acceptors (Lipinski definition) is 4. The molecule has 1 heterocycles. The first-order valence-electron chi connectivity index (χ1n) is 6.37. The van der Waals surface area contributed by atoms with Gasteiger partial charge in [0.2, 0.25) is 5.88 Å². The van der Waals surface area contributed by atoms with Gasteiger partial charge in [-0.2, -0.15) is 0 Å². The molecular weight excluding hydrogens is 264 g/mol. The molecule has 3 rings (SSSR count). The molecule has 0 saturated heterocycles. The Hall–Kier alpha value is -2.08. The van der Waals surface area contributed by atoms with Crippen LogP contribution in [-0.2, 0) is 6.54 Å². The van der Waals surface area contributed by atoms with E-state index in [-0.39, 0.29) is 11.6 Å². The standard InChI is InChI=1S/C14H13F2N3O/c15-9-3-10(16)5-13(4-9)20-14-8-17-6-12(19-14)7-18-11-1-2-11/h3-6,8,11,18H,1-2,7H2. The van der Waals surface area contributed by atoms with Crippen molar-refractivity contribution in [3.63, 3.8) is 0 Å². The normalized spacial score (nSPS) is 14.3. The smallest absolute Gasteiger partial charge is 0.238 e. The molecule has 20 heavy (non-hydrogen) atoms. The van der Waals surface area contributed by atoms with E-state index in [2.05, 4.69) is 15.3 Å². The lowest BCUT2D eigenvalue weighted by atomic mass is 10.3. The van der Waals surface area contributed by atoms with Gasteiger partial charge in [-0.25, -0.2) is 13.8 Å². The van der Waals surface area contributed by atoms with Gasteiger partial charge in [-0.05, 0) is 12.8 Å². The van der Waals surface area contributed by atoms with Crippen LogP contribution >= 0.6 is 0 Å². The van der Waals surface area contributed by atoms with Crippen LogP contribution < -0.4 is 10.1 Å². The highest BCUT2D eigenvalue weighted by molar-refractivity contribution is 5.27. The van der Waals surface area contributed by atoms with Gasteiger partial charge in [0, 0.05) is 37.0 Å². The zero-order chi connectivity index (χ0) is 13.9. The summed E-state index contributed by atoms with van der Waals surface area (Å²) in [6.07, 6.45) is 5.41. The van der Waals surface area contributed by atoms with E-state index >= 15 is 0 Å². The van der Waals surface area contributed by atoms with Crippen molar-refractivity contribution in [1.29, 1.82) is 0 Å². The van der Waals surface area contributed by atoms with Crippen molar-refractivity contribution in [2.45, 2.75) is 25.4 Å². The molecule has 1 aromatic heterocycles. The molecule has 104 valence electrons. The van der Waals surface area contributed by atoms with Crippen LogP contribution in [0, 0.1) is 11.6 Å². The van der Waals surface area contributed by atoms with Crippen molar-refractivity contribution in [3.8, 4) is 11.6 Å². The summed E-state index contributed by atoms with van der Waals surface area (Å²) >= 11 is 0. The van der Waals surface area contributed by atoms with Crippen LogP contribution in [0.4, 0.5) is 8.78 Å². The molecule has 4 nitrogen and oxygen atoms in total. The summed E-state index contributed by atoms with van der Waals surface area (Å²) in [5.74, 6) is -1.12. The predicted molar refractivity (Wildman–Crippen MR) is 68.3 cm³/mol. The molecule has 1 fully saturated rings. The van der Waals surface area contributed by atoms with Gasteiger partial charge in [0.25, 0.3) is 0 Å². The summed E-state index contributed by atoms with van der Waals surface area (Å²) in [7, 11) is 0. The number of nitrogens with one attached hydrogen (secondary N) is 1. The van der Waals surface area contributed by atoms with Crippen LogP contribution in [0.15, 0.2) is 30.6 Å². The van der Waals surface area contributed by atoms with Gasteiger partial charge in [0.1, 0.15) is 17.4 Å². The molecule has 1 aromatic carbocycles. The fraction of sp³-hybridized carbons (Fsp3) is 0.286. The van der Waals surface area contributed by atoms with E-state index in [9.17, 15) is 8.78 Å². The maximum Gasteiger partial charge on any atom is 0.238 e. The minimum Gasteiger partial charge on any atom is -0.437 e. The highest BCUT2D eigenvalue weighted by Gasteiger charge is 2.20. The number of halogens is 2. The summed E-state index contributed by atoms with van der Waals surface area (Å²) in [6.45, 7) is 0.604. The Morgan fingerprint density at radius 1 is 1.15 bits per heavy atom. The Bertz CT molecular complexity index is 597. The number of nitrogens with zero attached hydrogens (tertiary/aromatic N) is 2. The van der Waals surface area contributed by atoms with E-state index in [1.165, 1.54) is 19.0 Å². The molecule has 6 heteroatoms. The Kier molecular flexibility index (Phi) is 3.56. The summed E-state index contributed by atoms with van der Waals surface area (Å²) < 4.78 is 31.4. The molecule has 0 spiro atoms. The van der Waals surface area contributed by atoms with Crippen LogP contribution in [0.1, 0.15) is 18.5 Å². The summed E-state index contributed by atoms with van der Waals surface area (Å²) in [6, 6.07) is 3.55. The topological polar surface area (TPSA) is 47.0 Å². The Balaban J connectivity index is 1.70. The zero-order valence-corrected chi connectivity index (χ0v) is 10.6.